The monoisotopic (exact) mass is 407 g/mol. The molecule has 1 fully saturated rings. The summed E-state index contributed by atoms with van der Waals surface area (Å²) in [6.45, 7) is 4.64. The number of hydrogen-bond donors (Lipinski definition) is 1. The average Bonchev–Trinajstić information content (AvgIpc) is 3.15. The molecule has 1 saturated heterocycles. The van der Waals surface area contributed by atoms with Gasteiger partial charge in [0.15, 0.2) is 10.9 Å². The van der Waals surface area contributed by atoms with Crippen LogP contribution < -0.4 is 15.4 Å². The highest BCUT2D eigenvalue weighted by Gasteiger charge is 2.23. The molecule has 144 valence electrons. The van der Waals surface area contributed by atoms with Gasteiger partial charge in [-0.1, -0.05) is 40.8 Å². The summed E-state index contributed by atoms with van der Waals surface area (Å²) >= 11 is 2.72. The summed E-state index contributed by atoms with van der Waals surface area (Å²) < 4.78 is 6.29. The smallest absolute Gasteiger partial charge is 0.260 e. The number of rotatable bonds is 7. The van der Waals surface area contributed by atoms with Crippen molar-refractivity contribution in [3.63, 3.8) is 0 Å². The molecule has 0 saturated carbocycles. The van der Waals surface area contributed by atoms with E-state index in [0.29, 0.717) is 36.3 Å². The number of carbonyl (C=O) groups excluding carboxylic acids is 2. The van der Waals surface area contributed by atoms with Gasteiger partial charge < -0.3 is 20.3 Å². The molecule has 1 aliphatic heterocycles. The minimum Gasteiger partial charge on any atom is -0.484 e. The third-order valence-electron chi connectivity index (χ3n) is 4.02. The Bertz CT molecular complexity index is 788. The molecule has 2 N–H and O–H groups in total. The number of thioether (sulfide) groups is 1. The van der Waals surface area contributed by atoms with E-state index in [4.69, 9.17) is 10.5 Å². The lowest BCUT2D eigenvalue weighted by molar-refractivity contribution is -0.133. The number of aromatic nitrogens is 2. The normalized spacial score (nSPS) is 14.3. The summed E-state index contributed by atoms with van der Waals surface area (Å²) in [6.07, 6.45) is 0. The van der Waals surface area contributed by atoms with E-state index in [1.807, 2.05) is 31.2 Å². The summed E-state index contributed by atoms with van der Waals surface area (Å²) in [6, 6.07) is 7.64. The van der Waals surface area contributed by atoms with Crippen LogP contribution in [0.25, 0.3) is 0 Å². The van der Waals surface area contributed by atoms with Crippen LogP contribution in [0.15, 0.2) is 28.6 Å². The Labute approximate surface area is 165 Å². The maximum absolute atomic E-state index is 12.3. The number of nitrogens with two attached hydrogens (primary N) is 1. The molecule has 3 rings (SSSR count). The zero-order valence-corrected chi connectivity index (χ0v) is 16.6. The number of aryl methyl sites for hydroxylation is 1. The highest BCUT2D eigenvalue weighted by molar-refractivity contribution is 8.01. The highest BCUT2D eigenvalue weighted by atomic mass is 32.2. The van der Waals surface area contributed by atoms with Crippen LogP contribution in [-0.4, -0.2) is 65.5 Å². The second-order valence-electron chi connectivity index (χ2n) is 6.08. The molecule has 0 bridgehead atoms. The predicted molar refractivity (Wildman–Crippen MR) is 105 cm³/mol. The lowest BCUT2D eigenvalue weighted by Crippen LogP contribution is -2.50. The first-order valence-electron chi connectivity index (χ1n) is 8.48. The molecule has 1 aromatic carbocycles. The minimum absolute atomic E-state index is 0.0230. The van der Waals surface area contributed by atoms with Crippen molar-refractivity contribution in [1.82, 2.24) is 15.1 Å². The van der Waals surface area contributed by atoms with Crippen LogP contribution in [0.5, 0.6) is 5.75 Å². The third kappa shape index (κ3) is 5.57. The maximum Gasteiger partial charge on any atom is 0.260 e. The van der Waals surface area contributed by atoms with E-state index in [2.05, 4.69) is 15.1 Å². The average molecular weight is 408 g/mol. The zero-order chi connectivity index (χ0) is 19.2. The van der Waals surface area contributed by atoms with Crippen molar-refractivity contribution in [1.29, 1.82) is 0 Å². The minimum atomic E-state index is -0.378. The van der Waals surface area contributed by atoms with Gasteiger partial charge in [-0.3, -0.25) is 9.59 Å². The van der Waals surface area contributed by atoms with Gasteiger partial charge in [-0.15, -0.1) is 10.2 Å². The lowest BCUT2D eigenvalue weighted by Gasteiger charge is -2.34. The molecule has 27 heavy (non-hydrogen) atoms. The van der Waals surface area contributed by atoms with Gasteiger partial charge in [-0.2, -0.15) is 0 Å². The van der Waals surface area contributed by atoms with Crippen molar-refractivity contribution in [2.24, 2.45) is 5.73 Å². The number of primary amides is 1. The summed E-state index contributed by atoms with van der Waals surface area (Å²) in [5.41, 5.74) is 6.29. The van der Waals surface area contributed by atoms with Gasteiger partial charge in [0.25, 0.3) is 5.91 Å². The van der Waals surface area contributed by atoms with Crippen LogP contribution >= 0.6 is 23.1 Å². The molecule has 10 heteroatoms. The van der Waals surface area contributed by atoms with E-state index < -0.39 is 0 Å². The number of amides is 2. The maximum atomic E-state index is 12.3. The van der Waals surface area contributed by atoms with Crippen LogP contribution in [0, 0.1) is 6.92 Å². The van der Waals surface area contributed by atoms with E-state index in [0.717, 1.165) is 10.7 Å². The predicted octanol–water partition coefficient (Wildman–Crippen LogP) is 1.15. The van der Waals surface area contributed by atoms with E-state index in [-0.39, 0.29) is 24.2 Å². The van der Waals surface area contributed by atoms with E-state index in [9.17, 15) is 9.59 Å². The molecule has 2 aromatic rings. The van der Waals surface area contributed by atoms with Crippen molar-refractivity contribution < 1.29 is 14.3 Å². The SMILES string of the molecule is Cc1ccc(OCC(=O)N2CCN(c3nnc(SCC(N)=O)s3)CC2)cc1. The first-order chi connectivity index (χ1) is 13.0. The van der Waals surface area contributed by atoms with Gasteiger partial charge in [0.05, 0.1) is 5.75 Å². The van der Waals surface area contributed by atoms with Gasteiger partial charge in [-0.25, -0.2) is 0 Å². The van der Waals surface area contributed by atoms with Gasteiger partial charge in [0.2, 0.25) is 11.0 Å². The number of hydrogen-bond acceptors (Lipinski definition) is 8. The molecule has 0 radical (unpaired) electrons. The van der Waals surface area contributed by atoms with Gasteiger partial charge in [-0.05, 0) is 19.1 Å². The number of piperazine rings is 1. The molecule has 0 unspecified atom stereocenters. The van der Waals surface area contributed by atoms with Crippen LogP contribution in [-0.2, 0) is 9.59 Å². The fourth-order valence-corrected chi connectivity index (χ4v) is 4.17. The summed E-state index contributed by atoms with van der Waals surface area (Å²) in [5.74, 6) is 0.488. The van der Waals surface area contributed by atoms with E-state index in [1.165, 1.54) is 23.1 Å². The van der Waals surface area contributed by atoms with Crippen molar-refractivity contribution in [3.8, 4) is 5.75 Å². The number of carbonyl (C=O) groups is 2. The number of nitrogens with zero attached hydrogens (tertiary/aromatic N) is 4. The second-order valence-corrected chi connectivity index (χ2v) is 8.25. The lowest BCUT2D eigenvalue weighted by atomic mass is 10.2. The molecule has 2 heterocycles. The van der Waals surface area contributed by atoms with Crippen LogP contribution in [0.2, 0.25) is 0 Å². The quantitative estimate of drug-likeness (QED) is 0.687. The van der Waals surface area contributed by atoms with Crippen molar-refractivity contribution in [3.05, 3.63) is 29.8 Å². The van der Waals surface area contributed by atoms with Gasteiger partial charge >= 0.3 is 0 Å². The first kappa shape index (κ1) is 19.4. The van der Waals surface area contributed by atoms with Crippen molar-refractivity contribution >= 4 is 40.0 Å². The Kier molecular flexibility index (Phi) is 6.51. The summed E-state index contributed by atoms with van der Waals surface area (Å²) in [4.78, 5) is 27.1. The number of benzene rings is 1. The van der Waals surface area contributed by atoms with Crippen LogP contribution in [0.1, 0.15) is 5.56 Å². The van der Waals surface area contributed by atoms with E-state index >= 15 is 0 Å². The molecular formula is C17H21N5O3S2. The number of anilines is 1. The second kappa shape index (κ2) is 9.05. The summed E-state index contributed by atoms with van der Waals surface area (Å²) in [7, 11) is 0. The first-order valence-corrected chi connectivity index (χ1v) is 10.3. The van der Waals surface area contributed by atoms with E-state index in [1.54, 1.807) is 4.90 Å². The highest BCUT2D eigenvalue weighted by Crippen LogP contribution is 2.28. The summed E-state index contributed by atoms with van der Waals surface area (Å²) in [5, 5.41) is 9.03. The fraction of sp³-hybridized carbons (Fsp3) is 0.412. The molecule has 2 amide bonds. The fourth-order valence-electron chi connectivity index (χ4n) is 2.54. The molecule has 1 aliphatic rings. The standard InChI is InChI=1S/C17H21N5O3S2/c1-12-2-4-13(5-3-12)25-10-15(24)21-6-8-22(9-7-21)16-19-20-17(27-16)26-11-14(18)23/h2-5H,6-11H2,1H3,(H2,18,23). The molecule has 0 aliphatic carbocycles. The Balaban J connectivity index is 1.44. The van der Waals surface area contributed by atoms with Gasteiger partial charge in [0, 0.05) is 26.2 Å². The topological polar surface area (TPSA) is 102 Å². The number of ether oxygens (including phenoxy) is 1. The Morgan fingerprint density at radius 2 is 1.89 bits per heavy atom. The zero-order valence-electron chi connectivity index (χ0n) is 15.0. The van der Waals surface area contributed by atoms with Gasteiger partial charge in [0.1, 0.15) is 5.75 Å². The molecular weight excluding hydrogens is 386 g/mol. The van der Waals surface area contributed by atoms with Crippen molar-refractivity contribution in [2.75, 3.05) is 43.4 Å². The van der Waals surface area contributed by atoms with Crippen LogP contribution in [0.4, 0.5) is 5.13 Å². The molecule has 0 spiro atoms. The van der Waals surface area contributed by atoms with Crippen LogP contribution in [0.3, 0.4) is 0 Å². The third-order valence-corrected chi connectivity index (χ3v) is 6.16. The Morgan fingerprint density at radius 1 is 1.19 bits per heavy atom. The largest absolute Gasteiger partial charge is 0.484 e. The molecule has 0 atom stereocenters. The Morgan fingerprint density at radius 3 is 2.56 bits per heavy atom. The van der Waals surface area contributed by atoms with Crippen molar-refractivity contribution in [2.45, 2.75) is 11.3 Å². The molecule has 8 nitrogen and oxygen atoms in total. The Hall–Kier alpha value is -2.33. The molecule has 1 aromatic heterocycles.